The Morgan fingerprint density at radius 2 is 1.71 bits per heavy atom. The van der Waals surface area contributed by atoms with Crippen LogP contribution < -0.4 is 15.2 Å². The molecule has 7 heteroatoms. The van der Waals surface area contributed by atoms with E-state index < -0.39 is 0 Å². The van der Waals surface area contributed by atoms with Gasteiger partial charge in [-0.25, -0.2) is 0 Å². The Morgan fingerprint density at radius 1 is 1.10 bits per heavy atom. The highest BCUT2D eigenvalue weighted by atomic mass is 79.9. The van der Waals surface area contributed by atoms with Gasteiger partial charge in [-0.15, -0.1) is 0 Å². The first-order chi connectivity index (χ1) is 9.92. The zero-order valence-corrected chi connectivity index (χ0v) is 14.8. The lowest BCUT2D eigenvalue weighted by molar-refractivity contribution is 0.409. The molecule has 0 aromatic heterocycles. The van der Waals surface area contributed by atoms with Gasteiger partial charge in [-0.1, -0.05) is 11.6 Å². The van der Waals surface area contributed by atoms with Crippen molar-refractivity contribution in [3.63, 3.8) is 0 Å². The molecule has 0 bridgehead atoms. The molecular formula is C14H11Br2ClN2O2. The van der Waals surface area contributed by atoms with E-state index in [2.05, 4.69) is 31.9 Å². The largest absolute Gasteiger partial charge is 0.496 e. The smallest absolute Gasteiger partial charge is 0.143 e. The maximum absolute atomic E-state index is 7.60. The quantitative estimate of drug-likeness (QED) is 0.529. The summed E-state index contributed by atoms with van der Waals surface area (Å²) in [6.45, 7) is 0. The van der Waals surface area contributed by atoms with Crippen molar-refractivity contribution in [1.82, 2.24) is 0 Å². The lowest BCUT2D eigenvalue weighted by Crippen LogP contribution is -2.12. The van der Waals surface area contributed by atoms with Gasteiger partial charge in [0, 0.05) is 5.02 Å². The zero-order valence-electron chi connectivity index (χ0n) is 10.9. The van der Waals surface area contributed by atoms with Crippen molar-refractivity contribution in [1.29, 1.82) is 5.41 Å². The fourth-order valence-electron chi connectivity index (χ4n) is 1.67. The lowest BCUT2D eigenvalue weighted by atomic mass is 10.2. The number of rotatable bonds is 4. The monoisotopic (exact) mass is 432 g/mol. The van der Waals surface area contributed by atoms with Gasteiger partial charge in [-0.2, -0.15) is 0 Å². The van der Waals surface area contributed by atoms with Crippen molar-refractivity contribution in [2.45, 2.75) is 0 Å². The fraction of sp³-hybridized carbons (Fsp3) is 0.0714. The van der Waals surface area contributed by atoms with E-state index in [1.165, 1.54) is 0 Å². The van der Waals surface area contributed by atoms with E-state index in [0.717, 1.165) is 4.47 Å². The highest BCUT2D eigenvalue weighted by molar-refractivity contribution is 9.11. The molecule has 0 saturated carbocycles. The molecule has 2 aromatic rings. The van der Waals surface area contributed by atoms with E-state index in [1.807, 2.05) is 0 Å². The lowest BCUT2D eigenvalue weighted by Gasteiger charge is -2.13. The van der Waals surface area contributed by atoms with Crippen LogP contribution in [0, 0.1) is 5.41 Å². The van der Waals surface area contributed by atoms with Crippen molar-refractivity contribution >= 4 is 49.3 Å². The number of hydrogen-bond acceptors (Lipinski definition) is 3. The maximum Gasteiger partial charge on any atom is 0.143 e. The molecule has 0 aliphatic heterocycles. The van der Waals surface area contributed by atoms with Crippen LogP contribution in [0.3, 0.4) is 0 Å². The van der Waals surface area contributed by atoms with Crippen LogP contribution in [-0.2, 0) is 0 Å². The van der Waals surface area contributed by atoms with Crippen molar-refractivity contribution in [3.8, 4) is 17.2 Å². The predicted octanol–water partition coefficient (Wildman–Crippen LogP) is 4.95. The van der Waals surface area contributed by atoms with Crippen LogP contribution in [0.1, 0.15) is 5.56 Å². The molecule has 4 nitrogen and oxygen atoms in total. The summed E-state index contributed by atoms with van der Waals surface area (Å²) in [6, 6.07) is 8.48. The molecule has 2 rings (SSSR count). The average Bonchev–Trinajstić information content (AvgIpc) is 2.44. The summed E-state index contributed by atoms with van der Waals surface area (Å²) in [5.74, 6) is 1.57. The molecule has 0 fully saturated rings. The summed E-state index contributed by atoms with van der Waals surface area (Å²) < 4.78 is 12.5. The highest BCUT2D eigenvalue weighted by Gasteiger charge is 2.13. The van der Waals surface area contributed by atoms with Gasteiger partial charge in [0.25, 0.3) is 0 Å². The third kappa shape index (κ3) is 3.70. The Morgan fingerprint density at radius 3 is 2.33 bits per heavy atom. The van der Waals surface area contributed by atoms with Crippen molar-refractivity contribution < 1.29 is 9.47 Å². The van der Waals surface area contributed by atoms with E-state index in [4.69, 9.17) is 32.2 Å². The normalized spacial score (nSPS) is 10.3. The minimum absolute atomic E-state index is 0.115. The van der Waals surface area contributed by atoms with Crippen LogP contribution in [0.2, 0.25) is 5.02 Å². The summed E-state index contributed by atoms with van der Waals surface area (Å²) in [6.07, 6.45) is 0. The van der Waals surface area contributed by atoms with Crippen LogP contribution in [-0.4, -0.2) is 12.9 Å². The molecule has 0 spiro atoms. The molecule has 0 atom stereocenters. The van der Waals surface area contributed by atoms with Gasteiger partial charge >= 0.3 is 0 Å². The number of nitrogens with one attached hydrogen (secondary N) is 1. The third-order valence-electron chi connectivity index (χ3n) is 2.66. The Balaban J connectivity index is 2.43. The molecule has 2 aromatic carbocycles. The Labute approximate surface area is 144 Å². The molecule has 0 aliphatic carbocycles. The van der Waals surface area contributed by atoms with Crippen LogP contribution in [0.15, 0.2) is 39.3 Å². The topological polar surface area (TPSA) is 68.3 Å². The van der Waals surface area contributed by atoms with Gasteiger partial charge in [0.2, 0.25) is 0 Å². The number of ether oxygens (including phenoxy) is 2. The van der Waals surface area contributed by atoms with Crippen LogP contribution >= 0.6 is 43.5 Å². The molecule has 0 unspecified atom stereocenters. The fourth-order valence-corrected chi connectivity index (χ4v) is 2.72. The number of hydrogen-bond donors (Lipinski definition) is 2. The minimum Gasteiger partial charge on any atom is -0.496 e. The predicted molar refractivity (Wildman–Crippen MR) is 90.9 cm³/mol. The SMILES string of the molecule is COc1cc(Br)c(Oc2ccc(Cl)cc2C(=N)N)cc1Br. The van der Waals surface area contributed by atoms with Gasteiger partial charge < -0.3 is 15.2 Å². The van der Waals surface area contributed by atoms with Gasteiger partial charge in [-0.3, -0.25) is 5.41 Å². The molecule has 21 heavy (non-hydrogen) atoms. The average molecular weight is 435 g/mol. The molecule has 0 heterocycles. The first-order valence-electron chi connectivity index (χ1n) is 5.77. The zero-order chi connectivity index (χ0) is 15.6. The van der Waals surface area contributed by atoms with Crippen molar-refractivity contribution in [2.75, 3.05) is 7.11 Å². The molecule has 0 saturated heterocycles. The van der Waals surface area contributed by atoms with Gasteiger partial charge in [0.1, 0.15) is 23.1 Å². The van der Waals surface area contributed by atoms with Gasteiger partial charge in [0.05, 0.1) is 21.6 Å². The number of nitrogens with two attached hydrogens (primary N) is 1. The van der Waals surface area contributed by atoms with Gasteiger partial charge in [-0.05, 0) is 62.2 Å². The van der Waals surface area contributed by atoms with Crippen LogP contribution in [0.25, 0.3) is 0 Å². The van der Waals surface area contributed by atoms with Crippen molar-refractivity contribution in [3.05, 3.63) is 49.9 Å². The summed E-state index contributed by atoms with van der Waals surface area (Å²) in [5.41, 5.74) is 5.99. The maximum atomic E-state index is 7.60. The number of amidine groups is 1. The van der Waals surface area contributed by atoms with E-state index in [1.54, 1.807) is 37.4 Å². The number of methoxy groups -OCH3 is 1. The molecular weight excluding hydrogens is 423 g/mol. The first kappa shape index (κ1) is 16.1. The molecule has 0 radical (unpaired) electrons. The van der Waals surface area contributed by atoms with Crippen LogP contribution in [0.5, 0.6) is 17.2 Å². The molecule has 110 valence electrons. The second-order valence-electron chi connectivity index (χ2n) is 4.07. The summed E-state index contributed by atoms with van der Waals surface area (Å²) in [4.78, 5) is 0. The van der Waals surface area contributed by atoms with E-state index in [-0.39, 0.29) is 5.84 Å². The highest BCUT2D eigenvalue weighted by Crippen LogP contribution is 2.39. The number of nitrogen functional groups attached to an aromatic ring is 1. The van der Waals surface area contributed by atoms with E-state index in [0.29, 0.717) is 32.3 Å². The summed E-state index contributed by atoms with van der Waals surface area (Å²) in [5, 5.41) is 8.09. The Hall–Kier alpha value is -1.24. The molecule has 3 N–H and O–H groups in total. The van der Waals surface area contributed by atoms with Crippen molar-refractivity contribution in [2.24, 2.45) is 5.73 Å². The first-order valence-corrected chi connectivity index (χ1v) is 7.73. The Kier molecular flexibility index (Phi) is 5.13. The van der Waals surface area contributed by atoms with Gasteiger partial charge in [0.15, 0.2) is 0 Å². The number of halogens is 3. The molecule has 0 amide bonds. The second-order valence-corrected chi connectivity index (χ2v) is 6.22. The number of benzene rings is 2. The Bertz CT molecular complexity index is 708. The van der Waals surface area contributed by atoms with Crippen LogP contribution in [0.4, 0.5) is 0 Å². The third-order valence-corrected chi connectivity index (χ3v) is 4.13. The van der Waals surface area contributed by atoms with E-state index in [9.17, 15) is 0 Å². The minimum atomic E-state index is -0.115. The summed E-state index contributed by atoms with van der Waals surface area (Å²) >= 11 is 12.7. The second kappa shape index (κ2) is 6.68. The summed E-state index contributed by atoms with van der Waals surface area (Å²) in [7, 11) is 1.58. The molecule has 0 aliphatic rings. The standard InChI is InChI=1S/C14H11Br2ClN2O2/c1-20-12-5-10(16)13(6-9(12)15)21-11-3-2-7(17)4-8(11)14(18)19/h2-6H,1H3,(H3,18,19). The van der Waals surface area contributed by atoms with E-state index >= 15 is 0 Å².